The van der Waals surface area contributed by atoms with Crippen molar-refractivity contribution >= 4 is 51.5 Å². The van der Waals surface area contributed by atoms with E-state index < -0.39 is 18.5 Å². The number of rotatable bonds is 6. The van der Waals surface area contributed by atoms with Gasteiger partial charge in [-0.15, -0.1) is 0 Å². The lowest BCUT2D eigenvalue weighted by molar-refractivity contribution is -0.149. The van der Waals surface area contributed by atoms with Gasteiger partial charge in [0.2, 0.25) is 0 Å². The number of ether oxygens (including phenoxy) is 2. The molecule has 0 aliphatic heterocycles. The molecule has 0 atom stereocenters. The number of amides is 1. The van der Waals surface area contributed by atoms with Crippen LogP contribution in [0.5, 0.6) is 5.75 Å². The molecule has 1 aromatic heterocycles. The number of carbonyl (C=O) groups is 2. The van der Waals surface area contributed by atoms with Crippen molar-refractivity contribution in [2.24, 2.45) is 0 Å². The summed E-state index contributed by atoms with van der Waals surface area (Å²) in [6.45, 7) is -0.804. The van der Waals surface area contributed by atoms with Gasteiger partial charge in [-0.1, -0.05) is 47.5 Å². The fourth-order valence-corrected chi connectivity index (χ4v) is 2.74. The van der Waals surface area contributed by atoms with Crippen LogP contribution >= 0.6 is 23.2 Å². The first-order valence-corrected chi connectivity index (χ1v) is 8.66. The lowest BCUT2D eigenvalue weighted by Crippen LogP contribution is -2.23. The summed E-state index contributed by atoms with van der Waals surface area (Å²) < 4.78 is 10.4. The van der Waals surface area contributed by atoms with Crippen molar-refractivity contribution in [3.8, 4) is 5.75 Å². The summed E-state index contributed by atoms with van der Waals surface area (Å²) in [6.07, 6.45) is 1.50. The number of benzene rings is 2. The van der Waals surface area contributed by atoms with Gasteiger partial charge in [-0.3, -0.25) is 4.79 Å². The highest BCUT2D eigenvalue weighted by Crippen LogP contribution is 2.31. The molecule has 0 saturated carbocycles. The van der Waals surface area contributed by atoms with E-state index in [1.807, 2.05) is 24.3 Å². The van der Waals surface area contributed by atoms with E-state index in [0.29, 0.717) is 16.5 Å². The third kappa shape index (κ3) is 4.87. The molecule has 3 rings (SSSR count). The molecule has 3 aromatic rings. The zero-order valence-corrected chi connectivity index (χ0v) is 15.5. The lowest BCUT2D eigenvalue weighted by atomic mass is 10.1. The molecule has 0 aliphatic carbocycles. The largest absolute Gasteiger partial charge is 0.481 e. The molecule has 2 aromatic carbocycles. The second-order valence-corrected chi connectivity index (χ2v) is 6.20. The molecular weight excluding hydrogens is 391 g/mol. The van der Waals surface area contributed by atoms with Crippen molar-refractivity contribution in [3.63, 3.8) is 0 Å². The minimum absolute atomic E-state index is 0.148. The number of hydrogen-bond acceptors (Lipinski definition) is 5. The Bertz CT molecular complexity index is 994. The second-order valence-electron chi connectivity index (χ2n) is 5.43. The molecule has 1 N–H and O–H groups in total. The van der Waals surface area contributed by atoms with Crippen LogP contribution in [0.3, 0.4) is 0 Å². The predicted octanol–water partition coefficient (Wildman–Crippen LogP) is 4.10. The number of carbonyl (C=O) groups excluding carboxylic acids is 2. The number of nitrogens with zero attached hydrogens (tertiary/aromatic N) is 1. The van der Waals surface area contributed by atoms with E-state index in [2.05, 4.69) is 10.3 Å². The highest BCUT2D eigenvalue weighted by molar-refractivity contribution is 6.35. The van der Waals surface area contributed by atoms with Crippen LogP contribution in [0.25, 0.3) is 10.8 Å². The van der Waals surface area contributed by atoms with Gasteiger partial charge < -0.3 is 14.8 Å². The van der Waals surface area contributed by atoms with Gasteiger partial charge in [0.15, 0.2) is 18.4 Å². The van der Waals surface area contributed by atoms with Crippen LogP contribution in [0.4, 0.5) is 5.69 Å². The van der Waals surface area contributed by atoms with Gasteiger partial charge in [0.05, 0.1) is 5.69 Å². The van der Waals surface area contributed by atoms with Crippen molar-refractivity contribution in [2.75, 3.05) is 18.5 Å². The topological polar surface area (TPSA) is 77.5 Å². The summed E-state index contributed by atoms with van der Waals surface area (Å²) in [6, 6.07) is 14.0. The third-order valence-corrected chi connectivity index (χ3v) is 4.20. The number of nitrogens with one attached hydrogen (secondary N) is 1. The van der Waals surface area contributed by atoms with Crippen molar-refractivity contribution in [1.82, 2.24) is 4.98 Å². The van der Waals surface area contributed by atoms with Gasteiger partial charge in [0.25, 0.3) is 5.91 Å². The van der Waals surface area contributed by atoms with Crippen LogP contribution < -0.4 is 10.1 Å². The van der Waals surface area contributed by atoms with E-state index in [9.17, 15) is 9.59 Å². The van der Waals surface area contributed by atoms with Crippen molar-refractivity contribution in [2.45, 2.75) is 0 Å². The van der Waals surface area contributed by atoms with Gasteiger partial charge in [-0.25, -0.2) is 9.78 Å². The molecule has 0 fully saturated rings. The van der Waals surface area contributed by atoms with Crippen LogP contribution in [0.1, 0.15) is 0 Å². The molecular formula is C19H14Cl2N2O4. The average molecular weight is 405 g/mol. The Hall–Kier alpha value is -2.83. The molecule has 8 heteroatoms. The monoisotopic (exact) mass is 404 g/mol. The molecule has 6 nitrogen and oxygen atoms in total. The minimum Gasteiger partial charge on any atom is -0.481 e. The molecule has 27 heavy (non-hydrogen) atoms. The Balaban J connectivity index is 1.53. The first kappa shape index (κ1) is 18.9. The number of fused-ring (bicyclic) bond motifs is 1. The molecule has 138 valence electrons. The summed E-state index contributed by atoms with van der Waals surface area (Å²) in [4.78, 5) is 27.5. The highest BCUT2D eigenvalue weighted by Gasteiger charge is 2.12. The van der Waals surface area contributed by atoms with E-state index >= 15 is 0 Å². The van der Waals surface area contributed by atoms with Gasteiger partial charge in [0, 0.05) is 22.0 Å². The Labute approximate surface area is 165 Å². The maximum Gasteiger partial charge on any atom is 0.344 e. The Morgan fingerprint density at radius 3 is 2.52 bits per heavy atom. The van der Waals surface area contributed by atoms with E-state index in [0.717, 1.165) is 10.8 Å². The van der Waals surface area contributed by atoms with E-state index in [-0.39, 0.29) is 11.8 Å². The normalized spacial score (nSPS) is 10.4. The van der Waals surface area contributed by atoms with Gasteiger partial charge in [0.1, 0.15) is 5.75 Å². The number of anilines is 1. The molecule has 0 aliphatic rings. The summed E-state index contributed by atoms with van der Waals surface area (Å²) in [5, 5.41) is 4.84. The van der Waals surface area contributed by atoms with E-state index in [1.54, 1.807) is 24.3 Å². The van der Waals surface area contributed by atoms with E-state index in [4.69, 9.17) is 32.7 Å². The Morgan fingerprint density at radius 2 is 1.74 bits per heavy atom. The average Bonchev–Trinajstić information content (AvgIpc) is 2.68. The number of halogens is 2. The highest BCUT2D eigenvalue weighted by atomic mass is 35.5. The lowest BCUT2D eigenvalue weighted by Gasteiger charge is -2.10. The van der Waals surface area contributed by atoms with Gasteiger partial charge in [-0.2, -0.15) is 0 Å². The molecule has 0 unspecified atom stereocenters. The fourth-order valence-electron chi connectivity index (χ4n) is 2.35. The van der Waals surface area contributed by atoms with Crippen LogP contribution in [-0.2, 0) is 14.3 Å². The standard InChI is InChI=1S/C19H14Cl2N2O4/c20-14-7-8-16(13-5-2-1-4-12(13)14)26-11-18(25)27-10-17(24)23-15-6-3-9-22-19(15)21/h1-9H,10-11H2,(H,23,24). The van der Waals surface area contributed by atoms with Crippen LogP contribution in [0.2, 0.25) is 10.2 Å². The number of esters is 1. The molecule has 0 bridgehead atoms. The molecule has 0 radical (unpaired) electrons. The first-order valence-electron chi connectivity index (χ1n) is 7.90. The predicted molar refractivity (Wildman–Crippen MR) is 103 cm³/mol. The molecule has 0 saturated heterocycles. The maximum atomic E-state index is 11.9. The smallest absolute Gasteiger partial charge is 0.344 e. The third-order valence-electron chi connectivity index (χ3n) is 3.57. The van der Waals surface area contributed by atoms with Crippen molar-refractivity contribution in [1.29, 1.82) is 0 Å². The fraction of sp³-hybridized carbons (Fsp3) is 0.105. The van der Waals surface area contributed by atoms with Crippen molar-refractivity contribution in [3.05, 3.63) is 64.9 Å². The number of pyridine rings is 1. The Kier molecular flexibility index (Phi) is 6.11. The number of aromatic nitrogens is 1. The van der Waals surface area contributed by atoms with Crippen LogP contribution in [0, 0.1) is 0 Å². The summed E-state index contributed by atoms with van der Waals surface area (Å²) in [5.74, 6) is -0.713. The Morgan fingerprint density at radius 1 is 0.963 bits per heavy atom. The summed E-state index contributed by atoms with van der Waals surface area (Å²) >= 11 is 12.0. The SMILES string of the molecule is O=C(COC(=O)COc1ccc(Cl)c2ccccc12)Nc1cccnc1Cl. The van der Waals surface area contributed by atoms with Crippen molar-refractivity contribution < 1.29 is 19.1 Å². The first-order chi connectivity index (χ1) is 13.0. The van der Waals surface area contributed by atoms with E-state index in [1.165, 1.54) is 6.20 Å². The van der Waals surface area contributed by atoms with Crippen LogP contribution in [0.15, 0.2) is 54.7 Å². The molecule has 1 heterocycles. The zero-order valence-electron chi connectivity index (χ0n) is 13.9. The van der Waals surface area contributed by atoms with Crippen LogP contribution in [-0.4, -0.2) is 30.1 Å². The number of hydrogen-bond donors (Lipinski definition) is 1. The van der Waals surface area contributed by atoms with Gasteiger partial charge in [-0.05, 0) is 24.3 Å². The molecule has 1 amide bonds. The second kappa shape index (κ2) is 8.70. The quantitative estimate of drug-likeness (QED) is 0.494. The molecule has 0 spiro atoms. The summed E-state index contributed by atoms with van der Waals surface area (Å²) in [7, 11) is 0. The minimum atomic E-state index is -0.679. The summed E-state index contributed by atoms with van der Waals surface area (Å²) in [5.41, 5.74) is 0.337. The van der Waals surface area contributed by atoms with Gasteiger partial charge >= 0.3 is 5.97 Å². The zero-order chi connectivity index (χ0) is 19.2. The maximum absolute atomic E-state index is 11.9.